The second-order valence-corrected chi connectivity index (χ2v) is 6.68. The van der Waals surface area contributed by atoms with Gasteiger partial charge in [0.05, 0.1) is 6.54 Å². The number of rotatable bonds is 3. The normalized spacial score (nSPS) is 17.0. The molecule has 0 saturated carbocycles. The van der Waals surface area contributed by atoms with Gasteiger partial charge in [0.1, 0.15) is 0 Å². The molecule has 1 heterocycles. The molecule has 2 rings (SSSR count). The van der Waals surface area contributed by atoms with Crippen LogP contribution < -0.4 is 0 Å². The number of ether oxygens (including phenoxy) is 1. The van der Waals surface area contributed by atoms with Crippen molar-refractivity contribution < 1.29 is 4.74 Å². The second-order valence-electron chi connectivity index (χ2n) is 6.28. The van der Waals surface area contributed by atoms with Crippen LogP contribution in [0.25, 0.3) is 0 Å². The fourth-order valence-corrected chi connectivity index (χ4v) is 3.41. The van der Waals surface area contributed by atoms with E-state index in [9.17, 15) is 0 Å². The van der Waals surface area contributed by atoms with Crippen LogP contribution in [0.15, 0.2) is 29.3 Å². The lowest BCUT2D eigenvalue weighted by atomic mass is 9.74. The van der Waals surface area contributed by atoms with Crippen LogP contribution in [0.3, 0.4) is 0 Å². The first-order valence-corrected chi connectivity index (χ1v) is 8.06. The molecule has 0 atom stereocenters. The maximum absolute atomic E-state index is 6.48. The van der Waals surface area contributed by atoms with Gasteiger partial charge in [-0.3, -0.25) is 4.99 Å². The van der Waals surface area contributed by atoms with E-state index in [-0.39, 0.29) is 5.41 Å². The quantitative estimate of drug-likeness (QED) is 0.632. The molecule has 5 heteroatoms. The van der Waals surface area contributed by atoms with Crippen LogP contribution in [-0.2, 0) is 10.2 Å². The van der Waals surface area contributed by atoms with Crippen molar-refractivity contribution in [1.29, 1.82) is 0 Å². The summed E-state index contributed by atoms with van der Waals surface area (Å²) < 4.78 is 5.58. The predicted octanol–water partition coefficient (Wildman–Crippen LogP) is 2.87. The first-order chi connectivity index (χ1) is 10.5. The molecule has 0 N–H and O–H groups in total. The molecular formula is C17H26ClN3O. The van der Waals surface area contributed by atoms with Gasteiger partial charge in [-0.2, -0.15) is 0 Å². The molecule has 0 bridgehead atoms. The molecule has 1 aliphatic rings. The summed E-state index contributed by atoms with van der Waals surface area (Å²) in [5.74, 6) is 0.970. The molecule has 1 fully saturated rings. The molecule has 1 aromatic carbocycles. The van der Waals surface area contributed by atoms with Gasteiger partial charge in [-0.1, -0.05) is 29.8 Å². The van der Waals surface area contributed by atoms with E-state index in [2.05, 4.69) is 12.1 Å². The van der Waals surface area contributed by atoms with E-state index in [0.29, 0.717) is 0 Å². The Morgan fingerprint density at radius 1 is 1.14 bits per heavy atom. The highest BCUT2D eigenvalue weighted by Gasteiger charge is 2.36. The second kappa shape index (κ2) is 7.34. The zero-order chi connectivity index (χ0) is 16.2. The Kier molecular flexibility index (Phi) is 5.70. The van der Waals surface area contributed by atoms with Gasteiger partial charge >= 0.3 is 0 Å². The monoisotopic (exact) mass is 323 g/mol. The van der Waals surface area contributed by atoms with E-state index in [1.54, 1.807) is 0 Å². The standard InChI is InChI=1S/C17H26ClN3O/c1-20(2)16(21(3)4)19-13-17(9-11-22-12-10-17)14-7-5-6-8-15(14)18/h5-8H,9-13H2,1-4H3. The third-order valence-electron chi connectivity index (χ3n) is 4.22. The van der Waals surface area contributed by atoms with Crippen molar-refractivity contribution in [3.05, 3.63) is 34.9 Å². The molecule has 4 nitrogen and oxygen atoms in total. The van der Waals surface area contributed by atoms with Gasteiger partial charge in [0.2, 0.25) is 0 Å². The number of halogens is 1. The molecule has 1 saturated heterocycles. The van der Waals surface area contributed by atoms with E-state index < -0.39 is 0 Å². The molecule has 1 aliphatic heterocycles. The van der Waals surface area contributed by atoms with Crippen LogP contribution in [0.2, 0.25) is 5.02 Å². The number of hydrogen-bond acceptors (Lipinski definition) is 2. The van der Waals surface area contributed by atoms with E-state index in [0.717, 1.165) is 43.6 Å². The number of guanidine groups is 1. The Morgan fingerprint density at radius 2 is 1.73 bits per heavy atom. The molecule has 0 unspecified atom stereocenters. The first kappa shape index (κ1) is 17.1. The summed E-state index contributed by atoms with van der Waals surface area (Å²) in [5.41, 5.74) is 1.16. The Morgan fingerprint density at radius 3 is 2.27 bits per heavy atom. The molecular weight excluding hydrogens is 298 g/mol. The van der Waals surface area contributed by atoms with Crippen molar-refractivity contribution in [3.63, 3.8) is 0 Å². The van der Waals surface area contributed by atoms with Gasteiger partial charge in [0.15, 0.2) is 5.96 Å². The zero-order valence-electron chi connectivity index (χ0n) is 14.0. The fourth-order valence-electron chi connectivity index (χ4n) is 3.07. The maximum atomic E-state index is 6.48. The van der Waals surface area contributed by atoms with E-state index in [1.165, 1.54) is 5.56 Å². The molecule has 22 heavy (non-hydrogen) atoms. The van der Waals surface area contributed by atoms with Crippen molar-refractivity contribution in [2.45, 2.75) is 18.3 Å². The minimum atomic E-state index is -0.0339. The zero-order valence-corrected chi connectivity index (χ0v) is 14.7. The topological polar surface area (TPSA) is 28.1 Å². The maximum Gasteiger partial charge on any atom is 0.195 e. The average molecular weight is 324 g/mol. The minimum Gasteiger partial charge on any atom is -0.381 e. The fraction of sp³-hybridized carbons (Fsp3) is 0.588. The van der Waals surface area contributed by atoms with Crippen molar-refractivity contribution in [3.8, 4) is 0 Å². The summed E-state index contributed by atoms with van der Waals surface area (Å²) in [6.45, 7) is 2.26. The minimum absolute atomic E-state index is 0.0339. The lowest BCUT2D eigenvalue weighted by Gasteiger charge is -2.37. The van der Waals surface area contributed by atoms with Crippen LogP contribution in [0.4, 0.5) is 0 Å². The van der Waals surface area contributed by atoms with E-state index in [1.807, 2.05) is 50.1 Å². The van der Waals surface area contributed by atoms with Crippen molar-refractivity contribution in [1.82, 2.24) is 9.80 Å². The molecule has 0 amide bonds. The molecule has 0 aliphatic carbocycles. The summed E-state index contributed by atoms with van der Waals surface area (Å²) in [4.78, 5) is 8.97. The third-order valence-corrected chi connectivity index (χ3v) is 4.55. The van der Waals surface area contributed by atoms with Crippen LogP contribution in [0.1, 0.15) is 18.4 Å². The molecule has 0 aromatic heterocycles. The van der Waals surface area contributed by atoms with Crippen LogP contribution in [0.5, 0.6) is 0 Å². The summed E-state index contributed by atoms with van der Waals surface area (Å²) in [5, 5.41) is 0.829. The van der Waals surface area contributed by atoms with Gasteiger partial charge < -0.3 is 14.5 Å². The summed E-state index contributed by atoms with van der Waals surface area (Å²) in [6.07, 6.45) is 1.91. The van der Waals surface area contributed by atoms with Gasteiger partial charge in [0.25, 0.3) is 0 Å². The van der Waals surface area contributed by atoms with Gasteiger partial charge in [0, 0.05) is 51.8 Å². The first-order valence-electron chi connectivity index (χ1n) is 7.68. The largest absolute Gasteiger partial charge is 0.381 e. The van der Waals surface area contributed by atoms with Crippen LogP contribution in [0, 0.1) is 0 Å². The summed E-state index contributed by atoms with van der Waals surface area (Å²) in [6, 6.07) is 8.14. The highest BCUT2D eigenvalue weighted by atomic mass is 35.5. The van der Waals surface area contributed by atoms with E-state index in [4.69, 9.17) is 21.3 Å². The molecule has 0 spiro atoms. The molecule has 0 radical (unpaired) electrons. The Hall–Kier alpha value is -1.26. The Labute approximate surface area is 138 Å². The van der Waals surface area contributed by atoms with Crippen LogP contribution in [-0.4, -0.2) is 63.7 Å². The summed E-state index contributed by atoms with van der Waals surface area (Å²) in [7, 11) is 8.08. The number of hydrogen-bond donors (Lipinski definition) is 0. The number of aliphatic imine (C=N–C) groups is 1. The third kappa shape index (κ3) is 3.73. The Balaban J connectivity index is 2.35. The van der Waals surface area contributed by atoms with Crippen LogP contribution >= 0.6 is 11.6 Å². The molecule has 1 aromatic rings. The van der Waals surface area contributed by atoms with Gasteiger partial charge in [-0.05, 0) is 24.5 Å². The van der Waals surface area contributed by atoms with Gasteiger partial charge in [-0.25, -0.2) is 0 Å². The predicted molar refractivity (Wildman–Crippen MR) is 92.9 cm³/mol. The smallest absolute Gasteiger partial charge is 0.195 e. The van der Waals surface area contributed by atoms with E-state index >= 15 is 0 Å². The SMILES string of the molecule is CN(C)C(=NCC1(c2ccccc2Cl)CCOCC1)N(C)C. The highest BCUT2D eigenvalue weighted by Crippen LogP contribution is 2.38. The van der Waals surface area contributed by atoms with Crippen molar-refractivity contribution in [2.24, 2.45) is 4.99 Å². The van der Waals surface area contributed by atoms with Crippen molar-refractivity contribution >= 4 is 17.6 Å². The number of nitrogens with zero attached hydrogens (tertiary/aromatic N) is 3. The summed E-state index contributed by atoms with van der Waals surface area (Å²) >= 11 is 6.48. The highest BCUT2D eigenvalue weighted by molar-refractivity contribution is 6.31. The average Bonchev–Trinajstić information content (AvgIpc) is 2.48. The Bertz CT molecular complexity index is 512. The molecule has 122 valence electrons. The van der Waals surface area contributed by atoms with Gasteiger partial charge in [-0.15, -0.1) is 0 Å². The lowest BCUT2D eigenvalue weighted by molar-refractivity contribution is 0.0530. The number of benzene rings is 1. The lowest BCUT2D eigenvalue weighted by Crippen LogP contribution is -2.40. The van der Waals surface area contributed by atoms with Crippen molar-refractivity contribution in [2.75, 3.05) is 47.9 Å².